The molecule has 0 spiro atoms. The first-order valence-electron chi connectivity index (χ1n) is 7.79. The quantitative estimate of drug-likeness (QED) is 0.837. The summed E-state index contributed by atoms with van der Waals surface area (Å²) in [5.74, 6) is 0.219. The monoisotopic (exact) mass is 389 g/mol. The fourth-order valence-corrected chi connectivity index (χ4v) is 3.40. The molecule has 0 radical (unpaired) electrons. The van der Waals surface area contributed by atoms with Crippen LogP contribution in [0.5, 0.6) is 5.75 Å². The minimum absolute atomic E-state index is 0.0890. The summed E-state index contributed by atoms with van der Waals surface area (Å²) in [4.78, 5) is 28.8. The van der Waals surface area contributed by atoms with Crippen LogP contribution in [-0.4, -0.2) is 29.3 Å². The van der Waals surface area contributed by atoms with Crippen molar-refractivity contribution >= 4 is 51.7 Å². The highest BCUT2D eigenvalue weighted by Gasteiger charge is 2.30. The minimum Gasteiger partial charge on any atom is -0.497 e. The largest absolute Gasteiger partial charge is 0.497 e. The lowest BCUT2D eigenvalue weighted by Crippen LogP contribution is -2.41. The van der Waals surface area contributed by atoms with Crippen LogP contribution in [0.2, 0.25) is 5.02 Å². The number of nitrogens with zero attached hydrogens (tertiary/aromatic N) is 1. The van der Waals surface area contributed by atoms with Gasteiger partial charge in [-0.2, -0.15) is 0 Å². The van der Waals surface area contributed by atoms with Crippen molar-refractivity contribution < 1.29 is 14.3 Å². The Kier molecular flexibility index (Phi) is 5.80. The number of rotatable bonds is 4. The van der Waals surface area contributed by atoms with Crippen molar-refractivity contribution in [2.45, 2.75) is 11.7 Å². The Labute approximate surface area is 160 Å². The van der Waals surface area contributed by atoms with Crippen LogP contribution in [0.25, 0.3) is 0 Å². The molecule has 2 aromatic rings. The maximum absolute atomic E-state index is 12.5. The molecule has 1 aliphatic rings. The van der Waals surface area contributed by atoms with Crippen molar-refractivity contribution in [3.05, 3.63) is 53.6 Å². The van der Waals surface area contributed by atoms with Gasteiger partial charge in [0, 0.05) is 17.1 Å². The normalized spacial score (nSPS) is 18.3. The van der Waals surface area contributed by atoms with Crippen molar-refractivity contribution in [3.8, 4) is 5.75 Å². The van der Waals surface area contributed by atoms with E-state index in [1.54, 1.807) is 55.6 Å². The summed E-state index contributed by atoms with van der Waals surface area (Å²) in [6.07, 6.45) is 0.0890. The Morgan fingerprint density at radius 3 is 2.58 bits per heavy atom. The molecular formula is C18H16ClN3O3S. The van der Waals surface area contributed by atoms with Crippen LogP contribution in [0.4, 0.5) is 11.4 Å². The molecule has 2 aromatic carbocycles. The molecule has 0 aliphatic carbocycles. The molecule has 1 atom stereocenters. The van der Waals surface area contributed by atoms with Gasteiger partial charge < -0.3 is 15.4 Å². The summed E-state index contributed by atoms with van der Waals surface area (Å²) >= 11 is 7.06. The summed E-state index contributed by atoms with van der Waals surface area (Å²) in [5, 5.41) is 5.90. The molecule has 0 aromatic heterocycles. The van der Waals surface area contributed by atoms with E-state index < -0.39 is 5.25 Å². The van der Waals surface area contributed by atoms with E-state index in [1.165, 1.54) is 11.8 Å². The van der Waals surface area contributed by atoms with Crippen LogP contribution < -0.4 is 15.4 Å². The highest BCUT2D eigenvalue weighted by atomic mass is 35.5. The van der Waals surface area contributed by atoms with Gasteiger partial charge in [-0.25, -0.2) is 4.99 Å². The summed E-state index contributed by atoms with van der Waals surface area (Å²) in [7, 11) is 1.59. The number of halogens is 1. The zero-order valence-corrected chi connectivity index (χ0v) is 15.4. The first-order valence-corrected chi connectivity index (χ1v) is 9.05. The Bertz CT molecular complexity index is 838. The van der Waals surface area contributed by atoms with Gasteiger partial charge in [0.1, 0.15) is 11.0 Å². The number of hydrogen-bond acceptors (Lipinski definition) is 5. The number of ether oxygens (including phenoxy) is 1. The van der Waals surface area contributed by atoms with Gasteiger partial charge in [-0.05, 0) is 48.5 Å². The summed E-state index contributed by atoms with van der Waals surface area (Å²) < 4.78 is 5.10. The van der Waals surface area contributed by atoms with E-state index in [1.807, 2.05) is 0 Å². The first-order chi connectivity index (χ1) is 12.5. The number of carbonyl (C=O) groups is 2. The Morgan fingerprint density at radius 2 is 1.92 bits per heavy atom. The molecule has 1 heterocycles. The Balaban J connectivity index is 1.70. The van der Waals surface area contributed by atoms with Crippen molar-refractivity contribution in [1.82, 2.24) is 5.32 Å². The average Bonchev–Trinajstić information content (AvgIpc) is 2.64. The number of nitrogens with one attached hydrogen (secondary N) is 2. The zero-order valence-electron chi connectivity index (χ0n) is 13.9. The van der Waals surface area contributed by atoms with E-state index in [0.29, 0.717) is 21.6 Å². The van der Waals surface area contributed by atoms with Crippen molar-refractivity contribution in [2.75, 3.05) is 12.4 Å². The second kappa shape index (κ2) is 8.25. The number of methoxy groups -OCH3 is 1. The molecular weight excluding hydrogens is 374 g/mol. The van der Waals surface area contributed by atoms with E-state index in [2.05, 4.69) is 15.6 Å². The Hall–Kier alpha value is -2.51. The number of hydrogen-bond donors (Lipinski definition) is 2. The standard InChI is InChI=1S/C18H16ClN3O3S/c1-25-14-8-6-13(7-9-14)21-18-22-16(23)10-15(26-18)17(24)20-12-4-2-11(19)3-5-12/h2-9,15H,10H2,1H3,(H,20,24)(H,21,22,23)/t15-/m1/s1. The number of amidine groups is 1. The van der Waals surface area contributed by atoms with Crippen LogP contribution in [0.1, 0.15) is 6.42 Å². The van der Waals surface area contributed by atoms with Gasteiger partial charge >= 0.3 is 0 Å². The van der Waals surface area contributed by atoms with Gasteiger partial charge in [-0.3, -0.25) is 9.59 Å². The highest BCUT2D eigenvalue weighted by molar-refractivity contribution is 8.15. The van der Waals surface area contributed by atoms with Gasteiger partial charge in [0.2, 0.25) is 11.8 Å². The Morgan fingerprint density at radius 1 is 1.23 bits per heavy atom. The molecule has 0 bridgehead atoms. The van der Waals surface area contributed by atoms with Crippen LogP contribution in [0.3, 0.4) is 0 Å². The number of carbonyl (C=O) groups excluding carboxylic acids is 2. The molecule has 8 heteroatoms. The molecule has 1 aliphatic heterocycles. The molecule has 2 N–H and O–H groups in total. The smallest absolute Gasteiger partial charge is 0.238 e. The zero-order chi connectivity index (χ0) is 18.5. The molecule has 1 saturated heterocycles. The third-order valence-electron chi connectivity index (χ3n) is 3.58. The van der Waals surface area contributed by atoms with Crippen LogP contribution in [0, 0.1) is 0 Å². The predicted molar refractivity (Wildman–Crippen MR) is 104 cm³/mol. The second-order valence-electron chi connectivity index (χ2n) is 5.47. The summed E-state index contributed by atoms with van der Waals surface area (Å²) in [6.45, 7) is 0. The van der Waals surface area contributed by atoms with Crippen LogP contribution in [0.15, 0.2) is 53.5 Å². The lowest BCUT2D eigenvalue weighted by atomic mass is 10.2. The van der Waals surface area contributed by atoms with Gasteiger partial charge in [0.05, 0.1) is 12.8 Å². The summed E-state index contributed by atoms with van der Waals surface area (Å²) in [5.41, 5.74) is 1.28. The van der Waals surface area contributed by atoms with E-state index in [4.69, 9.17) is 16.3 Å². The third-order valence-corrected chi connectivity index (χ3v) is 4.91. The third kappa shape index (κ3) is 4.77. The molecule has 134 valence electrons. The van der Waals surface area contributed by atoms with E-state index >= 15 is 0 Å². The molecule has 3 rings (SSSR count). The van der Waals surface area contributed by atoms with Gasteiger partial charge in [0.25, 0.3) is 0 Å². The lowest BCUT2D eigenvalue weighted by Gasteiger charge is -2.22. The maximum atomic E-state index is 12.5. The fourth-order valence-electron chi connectivity index (χ4n) is 2.28. The number of anilines is 1. The number of amides is 2. The lowest BCUT2D eigenvalue weighted by molar-refractivity contribution is -0.123. The number of aliphatic imine (C=N–C) groups is 1. The first kappa shape index (κ1) is 18.3. The number of thioether (sulfide) groups is 1. The van der Waals surface area contributed by atoms with Crippen LogP contribution in [-0.2, 0) is 9.59 Å². The highest BCUT2D eigenvalue weighted by Crippen LogP contribution is 2.26. The van der Waals surface area contributed by atoms with Crippen LogP contribution >= 0.6 is 23.4 Å². The van der Waals surface area contributed by atoms with Crippen molar-refractivity contribution in [3.63, 3.8) is 0 Å². The average molecular weight is 390 g/mol. The molecule has 0 unspecified atom stereocenters. The second-order valence-corrected chi connectivity index (χ2v) is 7.10. The van der Waals surface area contributed by atoms with Crippen molar-refractivity contribution in [1.29, 1.82) is 0 Å². The van der Waals surface area contributed by atoms with E-state index in [9.17, 15) is 9.59 Å². The fraction of sp³-hybridized carbons (Fsp3) is 0.167. The molecule has 6 nitrogen and oxygen atoms in total. The van der Waals surface area contributed by atoms with Crippen molar-refractivity contribution in [2.24, 2.45) is 4.99 Å². The minimum atomic E-state index is -0.559. The predicted octanol–water partition coefficient (Wildman–Crippen LogP) is 3.60. The molecule has 26 heavy (non-hydrogen) atoms. The van der Waals surface area contributed by atoms with E-state index in [-0.39, 0.29) is 18.2 Å². The molecule has 2 amide bonds. The SMILES string of the molecule is COc1ccc(N=C2NC(=O)C[C@H](C(=O)Nc3ccc(Cl)cc3)S2)cc1. The molecule has 0 saturated carbocycles. The maximum Gasteiger partial charge on any atom is 0.238 e. The topological polar surface area (TPSA) is 79.8 Å². The van der Waals surface area contributed by atoms with Gasteiger partial charge in [-0.1, -0.05) is 23.4 Å². The van der Waals surface area contributed by atoms with E-state index in [0.717, 1.165) is 5.75 Å². The van der Waals surface area contributed by atoms with Gasteiger partial charge in [0.15, 0.2) is 5.17 Å². The molecule has 1 fully saturated rings. The summed E-state index contributed by atoms with van der Waals surface area (Å²) in [6, 6.07) is 13.9. The number of benzene rings is 2. The van der Waals surface area contributed by atoms with Gasteiger partial charge in [-0.15, -0.1) is 0 Å².